The third kappa shape index (κ3) is 3.22. The van der Waals surface area contributed by atoms with Gasteiger partial charge in [0.2, 0.25) is 5.91 Å². The first-order chi connectivity index (χ1) is 12.7. The van der Waals surface area contributed by atoms with Gasteiger partial charge < -0.3 is 19.6 Å². The first kappa shape index (κ1) is 16.4. The van der Waals surface area contributed by atoms with Gasteiger partial charge in [-0.2, -0.15) is 0 Å². The summed E-state index contributed by atoms with van der Waals surface area (Å²) in [5, 5.41) is 3.93. The van der Waals surface area contributed by atoms with Gasteiger partial charge in [-0.05, 0) is 36.6 Å². The highest BCUT2D eigenvalue weighted by atomic mass is 16.3. The van der Waals surface area contributed by atoms with E-state index in [-0.39, 0.29) is 17.6 Å². The van der Waals surface area contributed by atoms with E-state index in [0.29, 0.717) is 6.42 Å². The van der Waals surface area contributed by atoms with Crippen LogP contribution in [0.15, 0.2) is 53.3 Å². The molecule has 6 nitrogen and oxygen atoms in total. The molecule has 1 saturated heterocycles. The molecule has 0 unspecified atom stereocenters. The number of benzene rings is 1. The molecule has 26 heavy (non-hydrogen) atoms. The van der Waals surface area contributed by atoms with Gasteiger partial charge >= 0.3 is 0 Å². The molecule has 1 aliphatic rings. The molecule has 0 bridgehead atoms. The quantitative estimate of drug-likeness (QED) is 0.742. The third-order valence-electron chi connectivity index (χ3n) is 4.87. The summed E-state index contributed by atoms with van der Waals surface area (Å²) in [5.74, 6) is -0.191. The Balaban J connectivity index is 1.59. The van der Waals surface area contributed by atoms with Gasteiger partial charge in [0, 0.05) is 36.6 Å². The number of nitrogens with zero attached hydrogens (tertiary/aromatic N) is 1. The number of furan rings is 1. The van der Waals surface area contributed by atoms with Crippen molar-refractivity contribution in [3.63, 3.8) is 0 Å². The number of carbonyl (C=O) groups excluding carboxylic acids is 2. The highest BCUT2D eigenvalue weighted by Gasteiger charge is 2.29. The lowest BCUT2D eigenvalue weighted by Crippen LogP contribution is -2.48. The Morgan fingerprint density at radius 1 is 1.15 bits per heavy atom. The fraction of sp³-hybridized carbons (Fsp3) is 0.300. The van der Waals surface area contributed by atoms with Crippen LogP contribution in [-0.2, 0) is 11.2 Å². The smallest absolute Gasteiger partial charge is 0.287 e. The van der Waals surface area contributed by atoms with Crippen molar-refractivity contribution >= 4 is 22.7 Å². The van der Waals surface area contributed by atoms with Crippen molar-refractivity contribution in [3.05, 3.63) is 60.2 Å². The van der Waals surface area contributed by atoms with Crippen LogP contribution in [0.4, 0.5) is 0 Å². The number of nitrogens with one attached hydrogen (secondary N) is 2. The number of aromatic nitrogens is 1. The predicted octanol–water partition coefficient (Wildman–Crippen LogP) is 2.72. The zero-order chi connectivity index (χ0) is 17.9. The summed E-state index contributed by atoms with van der Waals surface area (Å²) < 4.78 is 5.16. The van der Waals surface area contributed by atoms with Gasteiger partial charge in [0.05, 0.1) is 6.26 Å². The Morgan fingerprint density at radius 3 is 2.73 bits per heavy atom. The number of H-pyrrole nitrogens is 1. The highest BCUT2D eigenvalue weighted by Crippen LogP contribution is 2.20. The van der Waals surface area contributed by atoms with Gasteiger partial charge in [0.1, 0.15) is 6.04 Å². The van der Waals surface area contributed by atoms with Crippen molar-refractivity contribution in [2.24, 2.45) is 0 Å². The minimum absolute atomic E-state index is 0.0345. The van der Waals surface area contributed by atoms with E-state index < -0.39 is 6.04 Å². The molecule has 4 rings (SSSR count). The first-order valence-corrected chi connectivity index (χ1v) is 8.90. The second kappa shape index (κ2) is 7.07. The molecular formula is C20H21N3O3. The molecule has 3 aromatic rings. The second-order valence-electron chi connectivity index (χ2n) is 6.60. The Bertz CT molecular complexity index is 907. The fourth-order valence-electron chi connectivity index (χ4n) is 3.52. The molecule has 1 aromatic carbocycles. The van der Waals surface area contributed by atoms with E-state index in [0.717, 1.165) is 42.4 Å². The number of likely N-dealkylation sites (tertiary alicyclic amines) is 1. The van der Waals surface area contributed by atoms with Crippen LogP contribution in [0.5, 0.6) is 0 Å². The average molecular weight is 351 g/mol. The Morgan fingerprint density at radius 2 is 1.96 bits per heavy atom. The maximum Gasteiger partial charge on any atom is 0.287 e. The summed E-state index contributed by atoms with van der Waals surface area (Å²) in [5.41, 5.74) is 2.03. The summed E-state index contributed by atoms with van der Waals surface area (Å²) in [6.45, 7) is 1.50. The molecule has 134 valence electrons. The first-order valence-electron chi connectivity index (χ1n) is 8.90. The van der Waals surface area contributed by atoms with E-state index in [9.17, 15) is 9.59 Å². The van der Waals surface area contributed by atoms with Crippen molar-refractivity contribution in [2.45, 2.75) is 25.3 Å². The molecule has 2 aromatic heterocycles. The van der Waals surface area contributed by atoms with Gasteiger partial charge in [-0.25, -0.2) is 0 Å². The molecule has 0 radical (unpaired) electrons. The molecule has 0 saturated carbocycles. The minimum atomic E-state index is -0.620. The molecule has 1 atom stereocenters. The summed E-state index contributed by atoms with van der Waals surface area (Å²) >= 11 is 0. The van der Waals surface area contributed by atoms with Crippen molar-refractivity contribution < 1.29 is 14.0 Å². The van der Waals surface area contributed by atoms with Crippen molar-refractivity contribution in [2.75, 3.05) is 13.1 Å². The van der Waals surface area contributed by atoms with E-state index in [1.165, 1.54) is 6.26 Å². The highest BCUT2D eigenvalue weighted by molar-refractivity contribution is 5.96. The summed E-state index contributed by atoms with van der Waals surface area (Å²) in [7, 11) is 0. The summed E-state index contributed by atoms with van der Waals surface area (Å²) in [6.07, 6.45) is 5.82. The van der Waals surface area contributed by atoms with Gasteiger partial charge in [-0.15, -0.1) is 0 Å². The number of fused-ring (bicyclic) bond motifs is 1. The molecule has 2 N–H and O–H groups in total. The monoisotopic (exact) mass is 351 g/mol. The molecule has 1 fully saturated rings. The molecule has 1 aliphatic heterocycles. The average Bonchev–Trinajstić information content (AvgIpc) is 3.41. The van der Waals surface area contributed by atoms with Gasteiger partial charge in [0.15, 0.2) is 5.76 Å². The van der Waals surface area contributed by atoms with E-state index in [4.69, 9.17) is 4.42 Å². The number of carbonyl (C=O) groups is 2. The van der Waals surface area contributed by atoms with Crippen molar-refractivity contribution in [3.8, 4) is 0 Å². The van der Waals surface area contributed by atoms with Gasteiger partial charge in [-0.3, -0.25) is 9.59 Å². The van der Waals surface area contributed by atoms with Gasteiger partial charge in [0.25, 0.3) is 5.91 Å². The number of rotatable bonds is 5. The Labute approximate surface area is 151 Å². The van der Waals surface area contributed by atoms with E-state index >= 15 is 0 Å². The van der Waals surface area contributed by atoms with E-state index in [1.54, 1.807) is 12.1 Å². The summed E-state index contributed by atoms with van der Waals surface area (Å²) in [6, 6.07) is 10.6. The van der Waals surface area contributed by atoms with Crippen LogP contribution in [-0.4, -0.2) is 40.8 Å². The molecule has 0 spiro atoms. The zero-order valence-electron chi connectivity index (χ0n) is 14.4. The van der Waals surface area contributed by atoms with E-state index in [2.05, 4.69) is 10.3 Å². The SMILES string of the molecule is O=C(N[C@@H](Cc1c[nH]c2ccccc12)C(=O)N1CCCC1)c1ccco1. The maximum absolute atomic E-state index is 13.0. The number of hydrogen-bond donors (Lipinski definition) is 2. The topological polar surface area (TPSA) is 78.3 Å². The molecule has 3 heterocycles. The third-order valence-corrected chi connectivity index (χ3v) is 4.87. The molecule has 0 aliphatic carbocycles. The van der Waals surface area contributed by atoms with Crippen LogP contribution >= 0.6 is 0 Å². The van der Waals surface area contributed by atoms with Gasteiger partial charge in [-0.1, -0.05) is 18.2 Å². The zero-order valence-corrected chi connectivity index (χ0v) is 14.4. The van der Waals surface area contributed by atoms with Crippen LogP contribution in [0.3, 0.4) is 0 Å². The molecule has 6 heteroatoms. The largest absolute Gasteiger partial charge is 0.459 e. The van der Waals surface area contributed by atoms with Crippen LogP contribution < -0.4 is 5.32 Å². The Kier molecular flexibility index (Phi) is 4.48. The van der Waals surface area contributed by atoms with Crippen LogP contribution in [0.25, 0.3) is 10.9 Å². The second-order valence-corrected chi connectivity index (χ2v) is 6.60. The van der Waals surface area contributed by atoms with E-state index in [1.807, 2.05) is 35.4 Å². The summed E-state index contributed by atoms with van der Waals surface area (Å²) in [4.78, 5) is 30.5. The Hall–Kier alpha value is -3.02. The number of amides is 2. The predicted molar refractivity (Wildman–Crippen MR) is 97.8 cm³/mol. The number of aromatic amines is 1. The normalized spacial score (nSPS) is 15.3. The molecule has 2 amide bonds. The van der Waals surface area contributed by atoms with Crippen molar-refractivity contribution in [1.82, 2.24) is 15.2 Å². The van der Waals surface area contributed by atoms with Crippen LogP contribution in [0, 0.1) is 0 Å². The lowest BCUT2D eigenvalue weighted by molar-refractivity contribution is -0.132. The van der Waals surface area contributed by atoms with Crippen LogP contribution in [0.1, 0.15) is 29.0 Å². The number of para-hydroxylation sites is 1. The number of hydrogen-bond acceptors (Lipinski definition) is 3. The fourth-order valence-corrected chi connectivity index (χ4v) is 3.52. The standard InChI is InChI=1S/C20H21N3O3/c24-19(18-8-5-11-26-18)22-17(20(25)23-9-3-4-10-23)12-14-13-21-16-7-2-1-6-15(14)16/h1-2,5-8,11,13,17,21H,3-4,9-10,12H2,(H,22,24)/t17-/m0/s1. The lowest BCUT2D eigenvalue weighted by atomic mass is 10.0. The lowest BCUT2D eigenvalue weighted by Gasteiger charge is -2.23. The van der Waals surface area contributed by atoms with Crippen LogP contribution in [0.2, 0.25) is 0 Å². The minimum Gasteiger partial charge on any atom is -0.459 e. The maximum atomic E-state index is 13.0. The molecular weight excluding hydrogens is 330 g/mol. The van der Waals surface area contributed by atoms with Crippen molar-refractivity contribution in [1.29, 1.82) is 0 Å².